The van der Waals surface area contributed by atoms with Gasteiger partial charge in [-0.15, -0.1) is 0 Å². The average molecular weight is 451 g/mol. The van der Waals surface area contributed by atoms with E-state index >= 15 is 0 Å². The van der Waals surface area contributed by atoms with Crippen LogP contribution in [0.15, 0.2) is 28.7 Å². The third kappa shape index (κ3) is 5.49. The van der Waals surface area contributed by atoms with Crippen LogP contribution in [0.3, 0.4) is 0 Å². The molecule has 1 saturated heterocycles. The monoisotopic (exact) mass is 450 g/mol. The second-order valence-electron chi connectivity index (χ2n) is 9.13. The Morgan fingerprint density at radius 2 is 1.93 bits per heavy atom. The van der Waals surface area contributed by atoms with Crippen molar-refractivity contribution >= 4 is 27.9 Å². The molecule has 5 nitrogen and oxygen atoms in total. The number of piperidine rings is 1. The summed E-state index contributed by atoms with van der Waals surface area (Å²) in [5.41, 5.74) is 0.776. The molecule has 1 aromatic carbocycles. The second-order valence-corrected chi connectivity index (χ2v) is 10.0. The lowest BCUT2D eigenvalue weighted by Crippen LogP contribution is -2.43. The molecule has 28 heavy (non-hydrogen) atoms. The largest absolute Gasteiger partial charge is 0.444 e. The minimum atomic E-state index is -0.476. The van der Waals surface area contributed by atoms with Crippen LogP contribution in [0.25, 0.3) is 0 Å². The molecule has 1 saturated carbocycles. The van der Waals surface area contributed by atoms with E-state index in [9.17, 15) is 9.59 Å². The maximum atomic E-state index is 12.9. The van der Waals surface area contributed by atoms with Gasteiger partial charge in [0.2, 0.25) is 5.91 Å². The van der Waals surface area contributed by atoms with Crippen molar-refractivity contribution < 1.29 is 14.3 Å². The lowest BCUT2D eigenvalue weighted by Gasteiger charge is -2.34. The molecule has 154 valence electrons. The van der Waals surface area contributed by atoms with Crippen LogP contribution in [0.5, 0.6) is 0 Å². The van der Waals surface area contributed by atoms with Crippen LogP contribution in [0, 0.1) is 11.8 Å². The maximum absolute atomic E-state index is 12.9. The number of halogens is 1. The predicted octanol–water partition coefficient (Wildman–Crippen LogP) is 4.66. The van der Waals surface area contributed by atoms with E-state index in [1.165, 1.54) is 5.56 Å². The molecule has 2 unspecified atom stereocenters. The summed E-state index contributed by atoms with van der Waals surface area (Å²) in [7, 11) is 1.79. The summed E-state index contributed by atoms with van der Waals surface area (Å²) >= 11 is 3.51. The van der Waals surface area contributed by atoms with Crippen molar-refractivity contribution in [3.63, 3.8) is 0 Å². The van der Waals surface area contributed by atoms with E-state index in [1.807, 2.05) is 37.8 Å². The Morgan fingerprint density at radius 3 is 2.54 bits per heavy atom. The van der Waals surface area contributed by atoms with Gasteiger partial charge in [-0.3, -0.25) is 4.79 Å². The highest BCUT2D eigenvalue weighted by Crippen LogP contribution is 2.49. The lowest BCUT2D eigenvalue weighted by atomic mass is 9.96. The number of hydrogen-bond acceptors (Lipinski definition) is 3. The fourth-order valence-corrected chi connectivity index (χ4v) is 4.36. The highest BCUT2D eigenvalue weighted by atomic mass is 79.9. The average Bonchev–Trinajstić information content (AvgIpc) is 3.41. The van der Waals surface area contributed by atoms with E-state index in [0.717, 1.165) is 36.8 Å². The van der Waals surface area contributed by atoms with Gasteiger partial charge in [-0.1, -0.05) is 28.1 Å². The van der Waals surface area contributed by atoms with Crippen molar-refractivity contribution in [3.05, 3.63) is 34.3 Å². The predicted molar refractivity (Wildman–Crippen MR) is 113 cm³/mol. The smallest absolute Gasteiger partial charge is 0.410 e. The first-order valence-electron chi connectivity index (χ1n) is 10.1. The molecule has 0 aromatic heterocycles. The Hall–Kier alpha value is -1.56. The van der Waals surface area contributed by atoms with Gasteiger partial charge in [0.1, 0.15) is 5.60 Å². The molecule has 1 aliphatic carbocycles. The summed E-state index contributed by atoms with van der Waals surface area (Å²) in [6.07, 6.45) is 2.55. The van der Waals surface area contributed by atoms with Crippen LogP contribution >= 0.6 is 15.9 Å². The van der Waals surface area contributed by atoms with Crippen molar-refractivity contribution in [2.24, 2.45) is 11.8 Å². The fourth-order valence-electron chi connectivity index (χ4n) is 3.95. The summed E-state index contributed by atoms with van der Waals surface area (Å²) in [6.45, 7) is 7.88. The lowest BCUT2D eigenvalue weighted by molar-refractivity contribution is -0.134. The van der Waals surface area contributed by atoms with Crippen molar-refractivity contribution in [2.75, 3.05) is 26.7 Å². The van der Waals surface area contributed by atoms with E-state index in [1.54, 1.807) is 11.9 Å². The highest BCUT2D eigenvalue weighted by Gasteiger charge is 2.46. The van der Waals surface area contributed by atoms with Crippen LogP contribution in [0.2, 0.25) is 0 Å². The molecular formula is C22H31BrN2O3. The van der Waals surface area contributed by atoms with Gasteiger partial charge >= 0.3 is 6.09 Å². The van der Waals surface area contributed by atoms with Crippen LogP contribution in [0.4, 0.5) is 4.79 Å². The minimum absolute atomic E-state index is 0.135. The van der Waals surface area contributed by atoms with Gasteiger partial charge in [-0.25, -0.2) is 4.79 Å². The van der Waals surface area contributed by atoms with E-state index in [4.69, 9.17) is 4.74 Å². The molecule has 2 aliphatic rings. The molecular weight excluding hydrogens is 420 g/mol. The number of hydrogen-bond donors (Lipinski definition) is 0. The van der Waals surface area contributed by atoms with Gasteiger partial charge in [-0.2, -0.15) is 0 Å². The maximum Gasteiger partial charge on any atom is 0.410 e. The molecule has 1 aliphatic heterocycles. The standard InChI is InChI=1S/C22H31BrN2O3/c1-22(2,3)28-21(27)24(4)14-15-8-10-25(11-9-15)20(26)19-13-18(19)16-6-5-7-17(23)12-16/h5-7,12,15,18-19H,8-11,13-14H2,1-4H3. The van der Waals surface area contributed by atoms with Crippen LogP contribution in [-0.4, -0.2) is 54.1 Å². The van der Waals surface area contributed by atoms with E-state index in [-0.39, 0.29) is 12.0 Å². The highest BCUT2D eigenvalue weighted by molar-refractivity contribution is 9.10. The third-order valence-corrected chi connectivity index (χ3v) is 6.04. The van der Waals surface area contributed by atoms with Crippen LogP contribution < -0.4 is 0 Å². The molecule has 1 aromatic rings. The van der Waals surface area contributed by atoms with Gasteiger partial charge in [-0.05, 0) is 69.6 Å². The van der Waals surface area contributed by atoms with Crippen molar-refractivity contribution in [1.29, 1.82) is 0 Å². The molecule has 2 atom stereocenters. The zero-order chi connectivity index (χ0) is 20.5. The quantitative estimate of drug-likeness (QED) is 0.669. The first-order valence-corrected chi connectivity index (χ1v) is 10.9. The molecule has 0 radical (unpaired) electrons. The summed E-state index contributed by atoms with van der Waals surface area (Å²) < 4.78 is 6.49. The normalized spacial score (nSPS) is 22.7. The number of benzene rings is 1. The van der Waals surface area contributed by atoms with Gasteiger partial charge in [0.05, 0.1) is 0 Å². The van der Waals surface area contributed by atoms with Gasteiger partial charge in [0.25, 0.3) is 0 Å². The zero-order valence-corrected chi connectivity index (χ0v) is 18.9. The van der Waals surface area contributed by atoms with Gasteiger partial charge in [0, 0.05) is 37.1 Å². The number of likely N-dealkylation sites (tertiary alicyclic amines) is 1. The summed E-state index contributed by atoms with van der Waals surface area (Å²) in [6, 6.07) is 8.28. The SMILES string of the molecule is CN(CC1CCN(C(=O)C2CC2c2cccc(Br)c2)CC1)C(=O)OC(C)(C)C. The van der Waals surface area contributed by atoms with Crippen molar-refractivity contribution in [1.82, 2.24) is 9.80 Å². The molecule has 6 heteroatoms. The first kappa shape index (κ1) is 21.2. The Balaban J connectivity index is 1.44. The Kier molecular flexibility index (Phi) is 6.37. The molecule has 2 amide bonds. The summed E-state index contributed by atoms with van der Waals surface area (Å²) in [5.74, 6) is 1.21. The van der Waals surface area contributed by atoms with Crippen LogP contribution in [0.1, 0.15) is 51.5 Å². The zero-order valence-electron chi connectivity index (χ0n) is 17.3. The third-order valence-electron chi connectivity index (χ3n) is 5.55. The fraction of sp³-hybridized carbons (Fsp3) is 0.636. The number of amides is 2. The van der Waals surface area contributed by atoms with E-state index in [2.05, 4.69) is 28.1 Å². The first-order chi connectivity index (χ1) is 13.1. The van der Waals surface area contributed by atoms with E-state index < -0.39 is 5.60 Å². The molecule has 3 rings (SSSR count). The van der Waals surface area contributed by atoms with E-state index in [0.29, 0.717) is 24.3 Å². The Bertz CT molecular complexity index is 723. The Morgan fingerprint density at radius 1 is 1.25 bits per heavy atom. The second kappa shape index (κ2) is 8.44. The molecule has 0 bridgehead atoms. The minimum Gasteiger partial charge on any atom is -0.444 e. The Labute approximate surface area is 176 Å². The topological polar surface area (TPSA) is 49.9 Å². The number of carbonyl (C=O) groups is 2. The van der Waals surface area contributed by atoms with Crippen LogP contribution in [-0.2, 0) is 9.53 Å². The van der Waals surface area contributed by atoms with Gasteiger partial charge < -0.3 is 14.5 Å². The number of nitrogens with zero attached hydrogens (tertiary/aromatic N) is 2. The molecule has 2 fully saturated rings. The van der Waals surface area contributed by atoms with Crippen molar-refractivity contribution in [3.8, 4) is 0 Å². The number of ether oxygens (including phenoxy) is 1. The summed E-state index contributed by atoms with van der Waals surface area (Å²) in [4.78, 5) is 28.7. The van der Waals surface area contributed by atoms with Crippen molar-refractivity contribution in [2.45, 2.75) is 51.6 Å². The summed E-state index contributed by atoms with van der Waals surface area (Å²) in [5, 5.41) is 0. The molecule has 1 heterocycles. The number of rotatable bonds is 4. The molecule has 0 spiro atoms. The van der Waals surface area contributed by atoms with Gasteiger partial charge in [0.15, 0.2) is 0 Å². The molecule has 0 N–H and O–H groups in total. The number of carbonyl (C=O) groups excluding carboxylic acids is 2.